The SMILES string of the molecule is Cc1c(Oc2ccc3cc(O)ccc3c2)ncnc1Oc1ccc2cc(O)ccc2c1. The van der Waals surface area contributed by atoms with Gasteiger partial charge in [-0.25, -0.2) is 9.97 Å². The van der Waals surface area contributed by atoms with E-state index in [9.17, 15) is 10.2 Å². The predicted octanol–water partition coefficient (Wildman–Crippen LogP) is 6.09. The Balaban J connectivity index is 1.42. The first-order valence-electron chi connectivity index (χ1n) is 9.68. The third-order valence-electron chi connectivity index (χ3n) is 5.01. The van der Waals surface area contributed by atoms with Crippen LogP contribution in [0.25, 0.3) is 21.5 Å². The molecule has 0 aliphatic heterocycles. The van der Waals surface area contributed by atoms with E-state index in [2.05, 4.69) is 9.97 Å². The summed E-state index contributed by atoms with van der Waals surface area (Å²) in [6.45, 7) is 1.84. The topological polar surface area (TPSA) is 84.7 Å². The number of phenols is 2. The standard InChI is InChI=1S/C25H18N2O4/c1-15-24(30-22-8-4-16-10-20(28)6-2-18(16)12-22)26-14-27-25(15)31-23-9-5-17-11-21(29)7-3-19(17)13-23/h2-14,28-29H,1H3. The molecule has 6 nitrogen and oxygen atoms in total. The van der Waals surface area contributed by atoms with Crippen molar-refractivity contribution in [3.8, 4) is 34.8 Å². The van der Waals surface area contributed by atoms with Crippen molar-refractivity contribution in [3.05, 3.63) is 84.7 Å². The number of phenolic OH excluding ortho intramolecular Hbond substituents is 2. The molecule has 1 heterocycles. The number of benzene rings is 4. The van der Waals surface area contributed by atoms with E-state index < -0.39 is 0 Å². The number of aromatic nitrogens is 2. The van der Waals surface area contributed by atoms with E-state index >= 15 is 0 Å². The molecule has 5 rings (SSSR count). The predicted molar refractivity (Wildman–Crippen MR) is 118 cm³/mol. The second-order valence-electron chi connectivity index (χ2n) is 7.20. The summed E-state index contributed by atoms with van der Waals surface area (Å²) in [7, 11) is 0. The van der Waals surface area contributed by atoms with E-state index in [-0.39, 0.29) is 11.5 Å². The molecule has 0 unspecified atom stereocenters. The van der Waals surface area contributed by atoms with Gasteiger partial charge in [0, 0.05) is 0 Å². The molecule has 0 saturated heterocycles. The molecule has 152 valence electrons. The molecule has 0 atom stereocenters. The molecule has 0 aliphatic rings. The second kappa shape index (κ2) is 7.50. The van der Waals surface area contributed by atoms with Gasteiger partial charge in [-0.2, -0.15) is 0 Å². The molecule has 5 aromatic rings. The van der Waals surface area contributed by atoms with Gasteiger partial charge in [0.05, 0.1) is 5.56 Å². The lowest BCUT2D eigenvalue weighted by atomic mass is 10.1. The van der Waals surface area contributed by atoms with Crippen LogP contribution in [0, 0.1) is 6.92 Å². The van der Waals surface area contributed by atoms with Crippen molar-refractivity contribution in [2.45, 2.75) is 6.92 Å². The summed E-state index contributed by atoms with van der Waals surface area (Å²) < 4.78 is 12.0. The Hall–Kier alpha value is -4.32. The Kier molecular flexibility index (Phi) is 4.52. The molecular weight excluding hydrogens is 392 g/mol. The lowest BCUT2D eigenvalue weighted by Gasteiger charge is -2.12. The number of nitrogens with zero attached hydrogens (tertiary/aromatic N) is 2. The monoisotopic (exact) mass is 410 g/mol. The summed E-state index contributed by atoms with van der Waals surface area (Å²) >= 11 is 0. The number of fused-ring (bicyclic) bond motifs is 2. The van der Waals surface area contributed by atoms with Crippen LogP contribution in [0.5, 0.6) is 34.8 Å². The third kappa shape index (κ3) is 3.79. The van der Waals surface area contributed by atoms with Crippen LogP contribution in [0.15, 0.2) is 79.1 Å². The Morgan fingerprint density at radius 3 is 1.48 bits per heavy atom. The molecule has 6 heteroatoms. The van der Waals surface area contributed by atoms with E-state index in [1.165, 1.54) is 6.33 Å². The van der Waals surface area contributed by atoms with Crippen molar-refractivity contribution in [1.82, 2.24) is 9.97 Å². The number of hydrogen-bond acceptors (Lipinski definition) is 6. The van der Waals surface area contributed by atoms with E-state index in [1.807, 2.05) is 55.5 Å². The summed E-state index contributed by atoms with van der Waals surface area (Å²) in [5.41, 5.74) is 0.666. The van der Waals surface area contributed by atoms with Gasteiger partial charge in [-0.15, -0.1) is 0 Å². The van der Waals surface area contributed by atoms with Gasteiger partial charge in [-0.1, -0.05) is 24.3 Å². The Morgan fingerprint density at radius 1 is 0.581 bits per heavy atom. The molecule has 0 aliphatic carbocycles. The highest BCUT2D eigenvalue weighted by Gasteiger charge is 2.12. The van der Waals surface area contributed by atoms with E-state index in [0.717, 1.165) is 21.5 Å². The van der Waals surface area contributed by atoms with Crippen LogP contribution in [-0.2, 0) is 0 Å². The van der Waals surface area contributed by atoms with Crippen molar-refractivity contribution in [2.75, 3.05) is 0 Å². The van der Waals surface area contributed by atoms with Crippen molar-refractivity contribution in [3.63, 3.8) is 0 Å². The molecule has 0 fully saturated rings. The number of ether oxygens (including phenoxy) is 2. The maximum atomic E-state index is 9.62. The molecule has 0 amide bonds. The molecule has 1 aromatic heterocycles. The van der Waals surface area contributed by atoms with Crippen molar-refractivity contribution in [1.29, 1.82) is 0 Å². The quantitative estimate of drug-likeness (QED) is 0.373. The smallest absolute Gasteiger partial charge is 0.229 e. The normalized spacial score (nSPS) is 11.0. The average molecular weight is 410 g/mol. The molecule has 0 bridgehead atoms. The minimum Gasteiger partial charge on any atom is -0.508 e. The first-order chi connectivity index (χ1) is 15.0. The molecule has 0 spiro atoms. The first kappa shape index (κ1) is 18.7. The van der Waals surface area contributed by atoms with Gasteiger partial charge < -0.3 is 19.7 Å². The highest BCUT2D eigenvalue weighted by atomic mass is 16.5. The van der Waals surface area contributed by atoms with Gasteiger partial charge in [0.15, 0.2) is 0 Å². The number of aromatic hydroxyl groups is 2. The first-order valence-corrected chi connectivity index (χ1v) is 9.68. The lowest BCUT2D eigenvalue weighted by molar-refractivity contribution is 0.427. The van der Waals surface area contributed by atoms with Crippen LogP contribution in [0.4, 0.5) is 0 Å². The van der Waals surface area contributed by atoms with Gasteiger partial charge in [0.25, 0.3) is 0 Å². The van der Waals surface area contributed by atoms with Crippen molar-refractivity contribution < 1.29 is 19.7 Å². The van der Waals surface area contributed by atoms with E-state index in [1.54, 1.807) is 24.3 Å². The largest absolute Gasteiger partial charge is 0.508 e. The Bertz CT molecular complexity index is 1330. The average Bonchev–Trinajstić information content (AvgIpc) is 2.77. The molecule has 31 heavy (non-hydrogen) atoms. The molecule has 2 N–H and O–H groups in total. The van der Waals surface area contributed by atoms with Crippen molar-refractivity contribution >= 4 is 21.5 Å². The fourth-order valence-electron chi connectivity index (χ4n) is 3.40. The number of rotatable bonds is 4. The molecule has 0 saturated carbocycles. The maximum Gasteiger partial charge on any atom is 0.229 e. The van der Waals surface area contributed by atoms with Crippen LogP contribution in [0.2, 0.25) is 0 Å². The van der Waals surface area contributed by atoms with Gasteiger partial charge >= 0.3 is 0 Å². The van der Waals surface area contributed by atoms with Crippen LogP contribution in [0.1, 0.15) is 5.56 Å². The summed E-state index contributed by atoms with van der Waals surface area (Å²) in [5.74, 6) is 2.48. The highest BCUT2D eigenvalue weighted by Crippen LogP contribution is 2.33. The molecule has 4 aromatic carbocycles. The minimum atomic E-state index is 0.222. The van der Waals surface area contributed by atoms with Crippen LogP contribution in [0.3, 0.4) is 0 Å². The zero-order valence-electron chi connectivity index (χ0n) is 16.6. The number of hydrogen-bond donors (Lipinski definition) is 2. The zero-order chi connectivity index (χ0) is 21.4. The van der Waals surface area contributed by atoms with Gasteiger partial charge in [0.2, 0.25) is 11.8 Å². The summed E-state index contributed by atoms with van der Waals surface area (Å²) in [5, 5.41) is 23.0. The summed E-state index contributed by atoms with van der Waals surface area (Å²) in [6.07, 6.45) is 1.40. The highest BCUT2D eigenvalue weighted by molar-refractivity contribution is 5.86. The third-order valence-corrected chi connectivity index (χ3v) is 5.01. The molecule has 0 radical (unpaired) electrons. The van der Waals surface area contributed by atoms with Crippen molar-refractivity contribution in [2.24, 2.45) is 0 Å². The fraction of sp³-hybridized carbons (Fsp3) is 0.0400. The lowest BCUT2D eigenvalue weighted by Crippen LogP contribution is -1.97. The van der Waals surface area contributed by atoms with Gasteiger partial charge in [-0.05, 0) is 77.0 Å². The minimum absolute atomic E-state index is 0.222. The summed E-state index contributed by atoms with van der Waals surface area (Å²) in [4.78, 5) is 8.50. The maximum absolute atomic E-state index is 9.62. The second-order valence-corrected chi connectivity index (χ2v) is 7.20. The van der Waals surface area contributed by atoms with Gasteiger partial charge in [0.1, 0.15) is 29.3 Å². The fourth-order valence-corrected chi connectivity index (χ4v) is 3.40. The Labute approximate surface area is 178 Å². The zero-order valence-corrected chi connectivity index (χ0v) is 16.6. The summed E-state index contributed by atoms with van der Waals surface area (Å²) in [6, 6.07) is 21.5. The van der Waals surface area contributed by atoms with E-state index in [4.69, 9.17) is 9.47 Å². The van der Waals surface area contributed by atoms with Crippen LogP contribution in [-0.4, -0.2) is 20.2 Å². The molecular formula is C25H18N2O4. The Morgan fingerprint density at radius 2 is 1.00 bits per heavy atom. The van der Waals surface area contributed by atoms with E-state index in [0.29, 0.717) is 28.8 Å². The van der Waals surface area contributed by atoms with Crippen LogP contribution >= 0.6 is 0 Å². The van der Waals surface area contributed by atoms with Crippen LogP contribution < -0.4 is 9.47 Å². The van der Waals surface area contributed by atoms with Gasteiger partial charge in [-0.3, -0.25) is 0 Å².